The minimum absolute atomic E-state index is 0.0392. The van der Waals surface area contributed by atoms with Gasteiger partial charge in [0.25, 0.3) is 0 Å². The number of likely N-dealkylation sites (tertiary alicyclic amines) is 1. The monoisotopic (exact) mass is 631 g/mol. The molecule has 250 valence electrons. The third-order valence-corrected chi connectivity index (χ3v) is 13.3. The van der Waals surface area contributed by atoms with Crippen LogP contribution in [0.15, 0.2) is 18.2 Å². The van der Waals surface area contributed by atoms with Crippen LogP contribution in [0.25, 0.3) is 0 Å². The van der Waals surface area contributed by atoms with E-state index in [-0.39, 0.29) is 53.9 Å². The number of hydrogen-bond acceptors (Lipinski definition) is 11. The number of hydrogen-bond donors (Lipinski definition) is 2. The van der Waals surface area contributed by atoms with Crippen LogP contribution in [0.5, 0.6) is 11.5 Å². The Balaban J connectivity index is 1.38. The number of fused-ring (bicyclic) bond motifs is 2. The second-order valence-corrected chi connectivity index (χ2v) is 14.3. The first-order chi connectivity index (χ1) is 21.7. The van der Waals surface area contributed by atoms with Crippen molar-refractivity contribution in [2.75, 3.05) is 62.4 Å². The molecule has 0 amide bonds. The maximum absolute atomic E-state index is 13.9. The molecular formula is C34H49NO10. The summed E-state index contributed by atoms with van der Waals surface area (Å²) in [4.78, 5) is 16.3. The number of carbonyl (C=O) groups is 1. The Kier molecular flexibility index (Phi) is 7.75. The zero-order valence-corrected chi connectivity index (χ0v) is 27.4. The van der Waals surface area contributed by atoms with Crippen molar-refractivity contribution in [2.24, 2.45) is 40.4 Å². The molecule has 1 aromatic rings. The molecule has 7 rings (SSSR count). The molecule has 1 saturated heterocycles. The Morgan fingerprint density at radius 3 is 2.36 bits per heavy atom. The summed E-state index contributed by atoms with van der Waals surface area (Å²) in [6.07, 6.45) is -0.567. The predicted molar refractivity (Wildman–Crippen MR) is 161 cm³/mol. The molecule has 1 heterocycles. The number of aliphatic hydroxyl groups is 2. The normalized spacial score (nSPS) is 47.4. The molecule has 5 aliphatic carbocycles. The van der Waals surface area contributed by atoms with E-state index < -0.39 is 34.6 Å². The van der Waals surface area contributed by atoms with Crippen LogP contribution in [0.2, 0.25) is 0 Å². The first kappa shape index (κ1) is 31.6. The van der Waals surface area contributed by atoms with Crippen LogP contribution in [0.4, 0.5) is 0 Å². The summed E-state index contributed by atoms with van der Waals surface area (Å²) in [6, 6.07) is 4.96. The molecule has 45 heavy (non-hydrogen) atoms. The second-order valence-electron chi connectivity index (χ2n) is 14.3. The fourth-order valence-electron chi connectivity index (χ4n) is 12.2. The Bertz CT molecular complexity index is 1310. The van der Waals surface area contributed by atoms with Gasteiger partial charge in [0.2, 0.25) is 0 Å². The molecule has 0 radical (unpaired) electrons. The highest BCUT2D eigenvalue weighted by atomic mass is 16.6. The van der Waals surface area contributed by atoms with E-state index in [1.165, 1.54) is 7.11 Å². The van der Waals surface area contributed by atoms with E-state index in [1.807, 2.05) is 0 Å². The molecule has 5 saturated carbocycles. The third-order valence-electron chi connectivity index (χ3n) is 13.3. The van der Waals surface area contributed by atoms with Crippen LogP contribution in [0.1, 0.15) is 36.5 Å². The number of ether oxygens (including phenoxy) is 7. The lowest BCUT2D eigenvalue weighted by Crippen LogP contribution is -2.78. The Hall–Kier alpha value is -1.99. The van der Waals surface area contributed by atoms with Crippen molar-refractivity contribution < 1.29 is 48.2 Å². The number of rotatable bonds is 10. The van der Waals surface area contributed by atoms with Crippen molar-refractivity contribution in [3.63, 3.8) is 0 Å². The average Bonchev–Trinajstić information content (AvgIpc) is 3.48. The summed E-state index contributed by atoms with van der Waals surface area (Å²) in [5.74, 6) is -0.478. The van der Waals surface area contributed by atoms with Gasteiger partial charge in [-0.3, -0.25) is 4.90 Å². The van der Waals surface area contributed by atoms with Gasteiger partial charge in [-0.1, -0.05) is 6.92 Å². The van der Waals surface area contributed by atoms with Crippen LogP contribution in [0.3, 0.4) is 0 Å². The highest BCUT2D eigenvalue weighted by Crippen LogP contribution is 2.79. The topological polar surface area (TPSA) is 125 Å². The van der Waals surface area contributed by atoms with Crippen LogP contribution in [-0.2, 0) is 23.7 Å². The maximum Gasteiger partial charge on any atom is 0.338 e. The van der Waals surface area contributed by atoms with Gasteiger partial charge in [0.05, 0.1) is 56.4 Å². The zero-order valence-electron chi connectivity index (χ0n) is 27.4. The molecule has 11 heteroatoms. The number of piperidine rings is 1. The van der Waals surface area contributed by atoms with Crippen molar-refractivity contribution in [3.8, 4) is 11.5 Å². The summed E-state index contributed by atoms with van der Waals surface area (Å²) in [7, 11) is 9.93. The van der Waals surface area contributed by atoms with E-state index >= 15 is 0 Å². The van der Waals surface area contributed by atoms with E-state index in [0.717, 1.165) is 6.54 Å². The lowest BCUT2D eigenvalue weighted by molar-refractivity contribution is -0.295. The molecule has 0 aromatic heterocycles. The average molecular weight is 632 g/mol. The van der Waals surface area contributed by atoms with Crippen molar-refractivity contribution in [2.45, 2.75) is 68.3 Å². The first-order valence-corrected chi connectivity index (χ1v) is 16.3. The van der Waals surface area contributed by atoms with Gasteiger partial charge in [0, 0.05) is 88.4 Å². The molecular weight excluding hydrogens is 582 g/mol. The van der Waals surface area contributed by atoms with E-state index in [0.29, 0.717) is 49.5 Å². The molecule has 1 aliphatic heterocycles. The van der Waals surface area contributed by atoms with Gasteiger partial charge < -0.3 is 43.4 Å². The molecule has 1 aromatic carbocycles. The summed E-state index contributed by atoms with van der Waals surface area (Å²) in [5.41, 5.74) is -1.96. The van der Waals surface area contributed by atoms with E-state index in [4.69, 9.17) is 33.2 Å². The van der Waals surface area contributed by atoms with Crippen LogP contribution < -0.4 is 9.47 Å². The molecule has 1 unspecified atom stereocenters. The molecule has 7 bridgehead atoms. The van der Waals surface area contributed by atoms with Crippen LogP contribution in [0, 0.1) is 40.4 Å². The minimum Gasteiger partial charge on any atom is -0.493 e. The molecule has 6 fully saturated rings. The van der Waals surface area contributed by atoms with E-state index in [1.54, 1.807) is 53.7 Å². The lowest BCUT2D eigenvalue weighted by Gasteiger charge is -2.70. The summed E-state index contributed by atoms with van der Waals surface area (Å²) in [5, 5.41) is 25.2. The molecule has 6 aliphatic rings. The number of methoxy groups -OCH3 is 6. The third kappa shape index (κ3) is 3.80. The second kappa shape index (κ2) is 11.0. The highest BCUT2D eigenvalue weighted by Gasteiger charge is 2.87. The Morgan fingerprint density at radius 1 is 0.978 bits per heavy atom. The van der Waals surface area contributed by atoms with Gasteiger partial charge in [-0.25, -0.2) is 4.79 Å². The van der Waals surface area contributed by atoms with E-state index in [2.05, 4.69) is 11.8 Å². The molecule has 11 nitrogen and oxygen atoms in total. The minimum atomic E-state index is -1.24. The highest BCUT2D eigenvalue weighted by molar-refractivity contribution is 5.90. The maximum atomic E-state index is 13.9. The Labute approximate surface area is 265 Å². The summed E-state index contributed by atoms with van der Waals surface area (Å²) >= 11 is 0. The largest absolute Gasteiger partial charge is 0.493 e. The number of aliphatic hydroxyl groups excluding tert-OH is 1. The molecule has 2 N–H and O–H groups in total. The number of nitrogens with zero attached hydrogens (tertiary/aromatic N) is 1. The predicted octanol–water partition coefficient (Wildman–Crippen LogP) is 2.01. The fraction of sp³-hybridized carbons (Fsp3) is 0.794. The first-order valence-electron chi connectivity index (χ1n) is 16.3. The summed E-state index contributed by atoms with van der Waals surface area (Å²) in [6.45, 7) is 3.94. The smallest absolute Gasteiger partial charge is 0.338 e. The van der Waals surface area contributed by atoms with E-state index in [9.17, 15) is 15.0 Å². The quantitative estimate of drug-likeness (QED) is 0.369. The number of esters is 1. The van der Waals surface area contributed by atoms with Gasteiger partial charge in [-0.15, -0.1) is 0 Å². The van der Waals surface area contributed by atoms with Gasteiger partial charge in [0.15, 0.2) is 11.5 Å². The van der Waals surface area contributed by atoms with Gasteiger partial charge in [-0.05, 0) is 37.1 Å². The van der Waals surface area contributed by atoms with Gasteiger partial charge in [-0.2, -0.15) is 0 Å². The zero-order chi connectivity index (χ0) is 32.1. The summed E-state index contributed by atoms with van der Waals surface area (Å²) < 4.78 is 42.2. The number of carbonyl (C=O) groups excluding carboxylic acids is 1. The fourth-order valence-corrected chi connectivity index (χ4v) is 12.2. The van der Waals surface area contributed by atoms with Crippen molar-refractivity contribution in [3.05, 3.63) is 23.8 Å². The van der Waals surface area contributed by atoms with Gasteiger partial charge in [0.1, 0.15) is 6.10 Å². The molecule has 14 atom stereocenters. The Morgan fingerprint density at radius 2 is 1.73 bits per heavy atom. The van der Waals surface area contributed by atoms with Crippen LogP contribution in [-0.4, -0.2) is 126 Å². The van der Waals surface area contributed by atoms with Crippen molar-refractivity contribution in [1.29, 1.82) is 0 Å². The van der Waals surface area contributed by atoms with Gasteiger partial charge >= 0.3 is 5.97 Å². The van der Waals surface area contributed by atoms with Crippen molar-refractivity contribution in [1.82, 2.24) is 4.90 Å². The van der Waals surface area contributed by atoms with Crippen molar-refractivity contribution >= 4 is 5.97 Å². The SMILES string of the molecule is CCN1C[C@]2(COC)C(O)C[C@H](OC)[C@@]34[C@@H]5C[C@H]6[C@H](OC(=O)c7ccc(OC)c(OC)c7)[C@@H]5[C@](O)(C[C@@H]6OC)[C@@H]([C@H](OC)[C@H]23)[C@@H]14. The molecule has 1 spiro atoms. The standard InChI is InChI=1S/C34H49NO10/c1-8-35-15-32(16-39-2)23(36)13-24(43-6)34-19-12-18-22(42-5)14-33(38,26(30(34)35)28(44-7)29(32)34)25(19)27(18)45-31(37)17-9-10-20(40-3)21(11-17)41-4/h9-11,18-19,22-30,36,38H,8,12-16H2,1-7H3/t18-,19-,22+,23?,24+,25-,26+,27+,28+,29-,30-,32+,33-,34+/m1/s1. The van der Waals surface area contributed by atoms with Crippen LogP contribution >= 0.6 is 0 Å². The lowest BCUT2D eigenvalue weighted by atomic mass is 9.42. The number of benzene rings is 1.